The molecule has 0 spiro atoms. The fourth-order valence-electron chi connectivity index (χ4n) is 3.12. The average molecular weight is 333 g/mol. The predicted molar refractivity (Wildman–Crippen MR) is 84.1 cm³/mol. The number of morpholine rings is 1. The maximum atomic E-state index is 12.4. The van der Waals surface area contributed by atoms with Gasteiger partial charge < -0.3 is 10.1 Å². The minimum absolute atomic E-state index is 0.00561. The Morgan fingerprint density at radius 1 is 1.27 bits per heavy atom. The summed E-state index contributed by atoms with van der Waals surface area (Å²) >= 11 is 0. The van der Waals surface area contributed by atoms with E-state index in [1.54, 1.807) is 0 Å². The highest BCUT2D eigenvalue weighted by atomic mass is 32.2. The van der Waals surface area contributed by atoms with E-state index in [-0.39, 0.29) is 11.9 Å². The summed E-state index contributed by atoms with van der Waals surface area (Å²) in [6.45, 7) is 6.37. The molecule has 0 radical (unpaired) electrons. The van der Waals surface area contributed by atoms with Crippen molar-refractivity contribution in [1.29, 1.82) is 0 Å². The molecule has 1 amide bonds. The highest BCUT2D eigenvalue weighted by Gasteiger charge is 2.34. The van der Waals surface area contributed by atoms with Crippen molar-refractivity contribution in [3.63, 3.8) is 0 Å². The maximum Gasteiger partial charge on any atom is 0.238 e. The molecule has 2 aliphatic rings. The van der Waals surface area contributed by atoms with Crippen LogP contribution in [0.2, 0.25) is 0 Å². The standard InChI is InChI=1S/C14H27N3O4S/c1-12(11-16-7-9-21-10-8-16)15-14(18)13-5-3-4-6-17(13)22(2,19)20/h12-13H,3-11H2,1-2H3,(H,15,18)/t12-,13+/m0/s1. The summed E-state index contributed by atoms with van der Waals surface area (Å²) in [5, 5.41) is 2.97. The number of carbonyl (C=O) groups is 1. The van der Waals surface area contributed by atoms with Crippen LogP contribution in [0.1, 0.15) is 26.2 Å². The summed E-state index contributed by atoms with van der Waals surface area (Å²) in [7, 11) is -3.34. The van der Waals surface area contributed by atoms with Gasteiger partial charge in [-0.2, -0.15) is 4.31 Å². The van der Waals surface area contributed by atoms with Gasteiger partial charge in [0.05, 0.1) is 19.5 Å². The second kappa shape index (κ2) is 7.72. The fraction of sp³-hybridized carbons (Fsp3) is 0.929. The Labute approximate surface area is 133 Å². The van der Waals surface area contributed by atoms with Crippen LogP contribution in [0.5, 0.6) is 0 Å². The minimum Gasteiger partial charge on any atom is -0.379 e. The zero-order chi connectivity index (χ0) is 16.2. The normalized spacial score (nSPS) is 26.5. The maximum absolute atomic E-state index is 12.4. The van der Waals surface area contributed by atoms with E-state index in [1.807, 2.05) is 6.92 Å². The first-order valence-corrected chi connectivity index (χ1v) is 9.80. The quantitative estimate of drug-likeness (QED) is 0.743. The van der Waals surface area contributed by atoms with E-state index in [2.05, 4.69) is 10.2 Å². The number of nitrogens with one attached hydrogen (secondary N) is 1. The summed E-state index contributed by atoms with van der Waals surface area (Å²) in [5.41, 5.74) is 0. The Kier molecular flexibility index (Phi) is 6.19. The van der Waals surface area contributed by atoms with Gasteiger partial charge >= 0.3 is 0 Å². The van der Waals surface area contributed by atoms with E-state index < -0.39 is 16.1 Å². The van der Waals surface area contributed by atoms with Gasteiger partial charge in [0.25, 0.3) is 0 Å². The number of hydrogen-bond donors (Lipinski definition) is 1. The van der Waals surface area contributed by atoms with Crippen LogP contribution in [-0.2, 0) is 19.6 Å². The predicted octanol–water partition coefficient (Wildman–Crippen LogP) is -0.363. The fourth-order valence-corrected chi connectivity index (χ4v) is 4.24. The lowest BCUT2D eigenvalue weighted by molar-refractivity contribution is -0.126. The monoisotopic (exact) mass is 333 g/mol. The average Bonchev–Trinajstić information content (AvgIpc) is 2.47. The summed E-state index contributed by atoms with van der Waals surface area (Å²) < 4.78 is 30.3. The van der Waals surface area contributed by atoms with Crippen LogP contribution < -0.4 is 5.32 Å². The van der Waals surface area contributed by atoms with Gasteiger partial charge in [-0.25, -0.2) is 8.42 Å². The van der Waals surface area contributed by atoms with Crippen molar-refractivity contribution in [1.82, 2.24) is 14.5 Å². The molecular formula is C14H27N3O4S. The second-order valence-electron chi connectivity index (χ2n) is 6.21. The van der Waals surface area contributed by atoms with E-state index in [1.165, 1.54) is 10.6 Å². The van der Waals surface area contributed by atoms with E-state index in [4.69, 9.17) is 4.74 Å². The first-order chi connectivity index (χ1) is 10.4. The van der Waals surface area contributed by atoms with Crippen molar-refractivity contribution >= 4 is 15.9 Å². The Bertz CT molecular complexity index is 476. The molecular weight excluding hydrogens is 306 g/mol. The number of carbonyl (C=O) groups excluding carboxylic acids is 1. The van der Waals surface area contributed by atoms with Crippen LogP contribution >= 0.6 is 0 Å². The molecule has 1 N–H and O–H groups in total. The highest BCUT2D eigenvalue weighted by Crippen LogP contribution is 2.20. The number of rotatable bonds is 5. The van der Waals surface area contributed by atoms with Gasteiger partial charge in [0.1, 0.15) is 6.04 Å². The van der Waals surface area contributed by atoms with Gasteiger partial charge in [-0.05, 0) is 19.8 Å². The van der Waals surface area contributed by atoms with Crippen LogP contribution in [0.4, 0.5) is 0 Å². The van der Waals surface area contributed by atoms with Crippen molar-refractivity contribution in [3.05, 3.63) is 0 Å². The van der Waals surface area contributed by atoms with Crippen LogP contribution in [0.15, 0.2) is 0 Å². The first-order valence-electron chi connectivity index (χ1n) is 7.95. The summed E-state index contributed by atoms with van der Waals surface area (Å²) in [6.07, 6.45) is 3.49. The number of nitrogens with zero attached hydrogens (tertiary/aromatic N) is 2. The molecule has 0 saturated carbocycles. The molecule has 0 aromatic heterocycles. The molecule has 0 unspecified atom stereocenters. The Balaban J connectivity index is 1.89. The molecule has 0 aromatic carbocycles. The van der Waals surface area contributed by atoms with Crippen molar-refractivity contribution in [3.8, 4) is 0 Å². The molecule has 2 heterocycles. The lowest BCUT2D eigenvalue weighted by atomic mass is 10.0. The molecule has 8 heteroatoms. The van der Waals surface area contributed by atoms with Crippen molar-refractivity contribution in [2.24, 2.45) is 0 Å². The van der Waals surface area contributed by atoms with E-state index in [0.717, 1.165) is 45.7 Å². The third-order valence-electron chi connectivity index (χ3n) is 4.21. The molecule has 0 aromatic rings. The zero-order valence-corrected chi connectivity index (χ0v) is 14.3. The SMILES string of the molecule is C[C@@H](CN1CCOCC1)NC(=O)[C@H]1CCCCN1S(C)(=O)=O. The van der Waals surface area contributed by atoms with Crippen LogP contribution in [-0.4, -0.2) is 81.3 Å². The molecule has 2 rings (SSSR count). The van der Waals surface area contributed by atoms with E-state index in [0.29, 0.717) is 13.0 Å². The lowest BCUT2D eigenvalue weighted by Crippen LogP contribution is -2.54. The van der Waals surface area contributed by atoms with Crippen LogP contribution in [0.3, 0.4) is 0 Å². The van der Waals surface area contributed by atoms with Gasteiger partial charge in [-0.3, -0.25) is 9.69 Å². The second-order valence-corrected chi connectivity index (χ2v) is 8.14. The molecule has 0 bridgehead atoms. The molecule has 7 nitrogen and oxygen atoms in total. The molecule has 2 atom stereocenters. The van der Waals surface area contributed by atoms with Crippen molar-refractivity contribution < 1.29 is 17.9 Å². The molecule has 128 valence electrons. The molecule has 2 fully saturated rings. The molecule has 2 aliphatic heterocycles. The van der Waals surface area contributed by atoms with Gasteiger partial charge in [-0.15, -0.1) is 0 Å². The number of ether oxygens (including phenoxy) is 1. The molecule has 22 heavy (non-hydrogen) atoms. The number of sulfonamides is 1. The topological polar surface area (TPSA) is 79.0 Å². The van der Waals surface area contributed by atoms with Gasteiger partial charge in [0.15, 0.2) is 0 Å². The third-order valence-corrected chi connectivity index (χ3v) is 5.50. The third kappa shape index (κ3) is 4.91. The first kappa shape index (κ1) is 17.7. The number of hydrogen-bond acceptors (Lipinski definition) is 5. The summed E-state index contributed by atoms with van der Waals surface area (Å²) in [4.78, 5) is 14.7. The minimum atomic E-state index is -3.34. The zero-order valence-electron chi connectivity index (χ0n) is 13.5. The van der Waals surface area contributed by atoms with Crippen molar-refractivity contribution in [2.45, 2.75) is 38.3 Å². The number of piperidine rings is 1. The van der Waals surface area contributed by atoms with E-state index in [9.17, 15) is 13.2 Å². The smallest absolute Gasteiger partial charge is 0.238 e. The lowest BCUT2D eigenvalue weighted by Gasteiger charge is -2.34. The summed E-state index contributed by atoms with van der Waals surface area (Å²) in [6, 6.07) is -0.565. The van der Waals surface area contributed by atoms with Gasteiger partial charge in [-0.1, -0.05) is 6.42 Å². The Hall–Kier alpha value is -0.700. The van der Waals surface area contributed by atoms with Gasteiger partial charge in [0.2, 0.25) is 15.9 Å². The Morgan fingerprint density at radius 3 is 2.59 bits per heavy atom. The highest BCUT2D eigenvalue weighted by molar-refractivity contribution is 7.88. The largest absolute Gasteiger partial charge is 0.379 e. The summed E-state index contributed by atoms with van der Waals surface area (Å²) in [5.74, 6) is -0.175. The molecule has 0 aliphatic carbocycles. The van der Waals surface area contributed by atoms with Crippen LogP contribution in [0, 0.1) is 0 Å². The Morgan fingerprint density at radius 2 is 1.95 bits per heavy atom. The van der Waals surface area contributed by atoms with Crippen LogP contribution in [0.25, 0.3) is 0 Å². The van der Waals surface area contributed by atoms with Crippen molar-refractivity contribution in [2.75, 3.05) is 45.6 Å². The molecule has 2 saturated heterocycles. The van der Waals surface area contributed by atoms with Gasteiger partial charge in [0, 0.05) is 32.2 Å². The number of amides is 1. The van der Waals surface area contributed by atoms with E-state index >= 15 is 0 Å².